The molecule has 1 aliphatic rings. The molecule has 2 heterocycles. The van der Waals surface area contributed by atoms with Crippen molar-refractivity contribution in [3.05, 3.63) is 41.6 Å². The Balaban J connectivity index is 1.94. The molecule has 1 aromatic heterocycles. The average molecular weight is 479 g/mol. The Labute approximate surface area is 184 Å². The van der Waals surface area contributed by atoms with E-state index in [0.29, 0.717) is 19.2 Å². The van der Waals surface area contributed by atoms with Gasteiger partial charge < -0.3 is 9.47 Å². The van der Waals surface area contributed by atoms with E-state index in [-0.39, 0.29) is 24.3 Å². The molecule has 0 N–H and O–H groups in total. The van der Waals surface area contributed by atoms with Crippen molar-refractivity contribution in [1.29, 1.82) is 0 Å². The first-order chi connectivity index (χ1) is 14.5. The van der Waals surface area contributed by atoms with E-state index in [9.17, 15) is 21.6 Å². The minimum Gasteiger partial charge on any atom is -0.383 e. The van der Waals surface area contributed by atoms with E-state index in [0.717, 1.165) is 22.9 Å². The third-order valence-electron chi connectivity index (χ3n) is 5.52. The van der Waals surface area contributed by atoms with Crippen LogP contribution in [0.4, 0.5) is 13.2 Å². The van der Waals surface area contributed by atoms with Gasteiger partial charge in [-0.15, -0.1) is 11.8 Å². The lowest BCUT2D eigenvalue weighted by atomic mass is 9.95. The molecule has 0 bridgehead atoms. The van der Waals surface area contributed by atoms with Gasteiger partial charge in [0.1, 0.15) is 11.1 Å². The topological polar surface area (TPSA) is 70.4 Å². The molecule has 2 atom stereocenters. The van der Waals surface area contributed by atoms with E-state index in [1.165, 1.54) is 17.8 Å². The van der Waals surface area contributed by atoms with Crippen LogP contribution in [0.1, 0.15) is 37.1 Å². The fraction of sp³-hybridized carbons (Fsp3) is 0.550. The lowest BCUT2D eigenvalue weighted by molar-refractivity contribution is -0.137. The number of hydrogen-bond donors (Lipinski definition) is 0. The fourth-order valence-electron chi connectivity index (χ4n) is 3.65. The van der Waals surface area contributed by atoms with Gasteiger partial charge in [0.15, 0.2) is 9.84 Å². The number of hydrogen-bond acceptors (Lipinski definition) is 6. The van der Waals surface area contributed by atoms with E-state index in [4.69, 9.17) is 9.47 Å². The molecule has 0 amide bonds. The maximum absolute atomic E-state index is 13.4. The Bertz CT molecular complexity index is 1020. The highest BCUT2D eigenvalue weighted by Crippen LogP contribution is 2.43. The van der Waals surface area contributed by atoms with Gasteiger partial charge in [-0.3, -0.25) is 4.68 Å². The largest absolute Gasteiger partial charge is 0.416 e. The number of aromatic nitrogens is 2. The summed E-state index contributed by atoms with van der Waals surface area (Å²) >= 11 is 1.45. The summed E-state index contributed by atoms with van der Waals surface area (Å²) in [6.07, 6.45) is -2.99. The lowest BCUT2D eigenvalue weighted by Gasteiger charge is -2.37. The zero-order chi connectivity index (χ0) is 22.9. The molecule has 0 radical (unpaired) electrons. The van der Waals surface area contributed by atoms with Gasteiger partial charge in [0, 0.05) is 13.7 Å². The summed E-state index contributed by atoms with van der Waals surface area (Å²) in [5.74, 6) is 0. The van der Waals surface area contributed by atoms with Gasteiger partial charge in [0.05, 0.1) is 34.1 Å². The molecule has 0 spiro atoms. The van der Waals surface area contributed by atoms with Crippen molar-refractivity contribution in [2.45, 2.75) is 53.3 Å². The van der Waals surface area contributed by atoms with Gasteiger partial charge in [0.25, 0.3) is 0 Å². The summed E-state index contributed by atoms with van der Waals surface area (Å²) < 4.78 is 77.7. The minimum atomic E-state index is -4.62. The standard InChI is InChI=1S/C20H25F3N2O4S2/c1-19(31(26,27)15-6-4-5-14(11-15)20(21,22)23)7-9-29-17(13-19)16-12-18(30-3)24-25(16)8-10-28-2/h4-6,11-12,17H,7-10,13H2,1-3H3. The highest BCUT2D eigenvalue weighted by Gasteiger charge is 2.46. The van der Waals surface area contributed by atoms with Crippen molar-refractivity contribution in [3.63, 3.8) is 0 Å². The Morgan fingerprint density at radius 2 is 2.10 bits per heavy atom. The molecule has 0 aliphatic carbocycles. The van der Waals surface area contributed by atoms with Crippen molar-refractivity contribution < 1.29 is 31.1 Å². The SMILES string of the molecule is COCCn1nc(SC)cc1C1CC(C)(S(=O)(=O)c2cccc(C(F)(F)F)c2)CCO1. The first kappa shape index (κ1) is 24.1. The van der Waals surface area contributed by atoms with E-state index in [1.807, 2.05) is 12.3 Å². The van der Waals surface area contributed by atoms with Crippen LogP contribution < -0.4 is 0 Å². The van der Waals surface area contributed by atoms with Crippen LogP contribution in [0.5, 0.6) is 0 Å². The highest BCUT2D eigenvalue weighted by atomic mass is 32.2. The molecule has 3 rings (SSSR count). The number of methoxy groups -OCH3 is 1. The summed E-state index contributed by atoms with van der Waals surface area (Å²) in [6, 6.07) is 5.77. The van der Waals surface area contributed by atoms with Gasteiger partial charge >= 0.3 is 6.18 Å². The van der Waals surface area contributed by atoms with Gasteiger partial charge in [-0.2, -0.15) is 18.3 Å². The van der Waals surface area contributed by atoms with Gasteiger partial charge in [-0.25, -0.2) is 8.42 Å². The van der Waals surface area contributed by atoms with E-state index in [2.05, 4.69) is 5.10 Å². The van der Waals surface area contributed by atoms with Gasteiger partial charge in [-0.05, 0) is 50.3 Å². The molecule has 172 valence electrons. The van der Waals surface area contributed by atoms with Crippen molar-refractivity contribution in [1.82, 2.24) is 9.78 Å². The quantitative estimate of drug-likeness (QED) is 0.551. The molecule has 31 heavy (non-hydrogen) atoms. The molecular formula is C20H25F3N2O4S2. The van der Waals surface area contributed by atoms with E-state index < -0.39 is 32.4 Å². The smallest absolute Gasteiger partial charge is 0.383 e. The molecule has 6 nitrogen and oxygen atoms in total. The first-order valence-corrected chi connectivity index (χ1v) is 12.4. The number of rotatable bonds is 7. The number of thioether (sulfide) groups is 1. The van der Waals surface area contributed by atoms with Crippen LogP contribution in [-0.2, 0) is 32.0 Å². The van der Waals surface area contributed by atoms with Crippen LogP contribution in [0, 0.1) is 0 Å². The van der Waals surface area contributed by atoms with Gasteiger partial charge in [0.2, 0.25) is 0 Å². The second-order valence-electron chi connectivity index (χ2n) is 7.62. The van der Waals surface area contributed by atoms with Crippen molar-refractivity contribution in [2.24, 2.45) is 0 Å². The molecule has 2 unspecified atom stereocenters. The average Bonchev–Trinajstić information content (AvgIpc) is 3.15. The molecule has 1 aliphatic heterocycles. The first-order valence-electron chi connectivity index (χ1n) is 9.66. The van der Waals surface area contributed by atoms with Crippen LogP contribution >= 0.6 is 11.8 Å². The van der Waals surface area contributed by atoms with Crippen LogP contribution in [0.25, 0.3) is 0 Å². The van der Waals surface area contributed by atoms with Crippen molar-refractivity contribution in [2.75, 3.05) is 26.6 Å². The Hall–Kier alpha value is -1.56. The number of benzene rings is 1. The monoisotopic (exact) mass is 478 g/mol. The number of halogens is 3. The lowest BCUT2D eigenvalue weighted by Crippen LogP contribution is -2.42. The molecular weight excluding hydrogens is 453 g/mol. The molecule has 1 saturated heterocycles. The van der Waals surface area contributed by atoms with Crippen LogP contribution in [0.2, 0.25) is 0 Å². The summed E-state index contributed by atoms with van der Waals surface area (Å²) in [6.45, 7) is 2.64. The second-order valence-corrected chi connectivity index (χ2v) is 10.9. The molecule has 1 fully saturated rings. The van der Waals surface area contributed by atoms with Gasteiger partial charge in [-0.1, -0.05) is 6.07 Å². The number of nitrogens with zero attached hydrogens (tertiary/aromatic N) is 2. The highest BCUT2D eigenvalue weighted by molar-refractivity contribution is 7.98. The van der Waals surface area contributed by atoms with Crippen molar-refractivity contribution in [3.8, 4) is 0 Å². The number of ether oxygens (including phenoxy) is 2. The van der Waals surface area contributed by atoms with E-state index in [1.54, 1.807) is 18.7 Å². The van der Waals surface area contributed by atoms with Crippen LogP contribution in [0.3, 0.4) is 0 Å². The summed E-state index contributed by atoms with van der Waals surface area (Å²) in [5, 5.41) is 5.26. The summed E-state index contributed by atoms with van der Waals surface area (Å²) in [4.78, 5) is -0.330. The molecule has 1 aromatic carbocycles. The third kappa shape index (κ3) is 4.94. The zero-order valence-electron chi connectivity index (χ0n) is 17.5. The fourth-order valence-corrected chi connectivity index (χ4v) is 5.90. The number of sulfone groups is 1. The summed E-state index contributed by atoms with van der Waals surface area (Å²) in [7, 11) is -2.48. The molecule has 0 saturated carbocycles. The molecule has 11 heteroatoms. The maximum Gasteiger partial charge on any atom is 0.416 e. The maximum atomic E-state index is 13.4. The molecule has 2 aromatic rings. The van der Waals surface area contributed by atoms with Crippen molar-refractivity contribution >= 4 is 21.6 Å². The Morgan fingerprint density at radius 3 is 2.74 bits per heavy atom. The minimum absolute atomic E-state index is 0.109. The second kappa shape index (κ2) is 9.13. The summed E-state index contributed by atoms with van der Waals surface area (Å²) in [5.41, 5.74) is -0.255. The zero-order valence-corrected chi connectivity index (χ0v) is 19.1. The predicted molar refractivity (Wildman–Crippen MR) is 111 cm³/mol. The predicted octanol–water partition coefficient (Wildman–Crippen LogP) is 4.35. The Kier molecular flexibility index (Phi) is 7.09. The van der Waals surface area contributed by atoms with Crippen LogP contribution in [0.15, 0.2) is 40.3 Å². The Morgan fingerprint density at radius 1 is 1.35 bits per heavy atom. The van der Waals surface area contributed by atoms with Crippen LogP contribution in [-0.4, -0.2) is 49.5 Å². The normalized spacial score (nSPS) is 22.6. The number of alkyl halides is 3. The van der Waals surface area contributed by atoms with E-state index >= 15 is 0 Å². The third-order valence-corrected chi connectivity index (χ3v) is 8.68.